The summed E-state index contributed by atoms with van der Waals surface area (Å²) < 4.78 is 0. The Bertz CT molecular complexity index is 374. The zero-order valence-corrected chi connectivity index (χ0v) is 19.5. The first-order chi connectivity index (χ1) is 12.3. The first kappa shape index (κ1) is 24.0. The summed E-state index contributed by atoms with van der Waals surface area (Å²) in [7, 11) is 2.24. The molecule has 1 rings (SSSR count). The summed E-state index contributed by atoms with van der Waals surface area (Å²) in [5.41, 5.74) is 1.30. The summed E-state index contributed by atoms with van der Waals surface area (Å²) in [4.78, 5) is 0. The molecule has 156 valence electrons. The van der Waals surface area contributed by atoms with Crippen LogP contribution in [0.15, 0.2) is 0 Å². The van der Waals surface area contributed by atoms with Crippen molar-refractivity contribution in [1.29, 1.82) is 0 Å². The van der Waals surface area contributed by atoms with E-state index in [1.807, 2.05) is 0 Å². The summed E-state index contributed by atoms with van der Waals surface area (Å²) in [6.07, 6.45) is 19.5. The van der Waals surface area contributed by atoms with Gasteiger partial charge in [0.15, 0.2) is 0 Å². The number of nitrogens with one attached hydrogen (secondary N) is 1. The van der Waals surface area contributed by atoms with Gasteiger partial charge in [-0.25, -0.2) is 0 Å². The molecular weight excluding hydrogens is 314 g/mol. The lowest BCUT2D eigenvalue weighted by molar-refractivity contribution is -0.128. The standard InChI is InChI=1S/C25H51N/c1-8-11-13-15-20-24(6,19-12-9-2)25(23(4,5)18-10-3)21-16-14-17-22(25)26-7/h22,26H,8-21H2,1-7H3/t22-,24?,25?/m1/s1. The fourth-order valence-corrected chi connectivity index (χ4v) is 6.84. The normalized spacial score (nSPS) is 26.7. The first-order valence-corrected chi connectivity index (χ1v) is 12.0. The molecule has 1 aliphatic rings. The Kier molecular flexibility index (Phi) is 10.2. The van der Waals surface area contributed by atoms with Gasteiger partial charge in [-0.2, -0.15) is 0 Å². The van der Waals surface area contributed by atoms with Crippen molar-refractivity contribution in [3.05, 3.63) is 0 Å². The molecule has 1 nitrogen and oxygen atoms in total. The van der Waals surface area contributed by atoms with Crippen molar-refractivity contribution in [2.45, 2.75) is 137 Å². The highest BCUT2D eigenvalue weighted by Crippen LogP contribution is 2.64. The molecule has 2 unspecified atom stereocenters. The van der Waals surface area contributed by atoms with Crippen LogP contribution in [0.1, 0.15) is 131 Å². The van der Waals surface area contributed by atoms with Crippen molar-refractivity contribution in [2.75, 3.05) is 7.05 Å². The lowest BCUT2D eigenvalue weighted by Crippen LogP contribution is -2.62. The summed E-state index contributed by atoms with van der Waals surface area (Å²) in [5, 5.41) is 3.84. The summed E-state index contributed by atoms with van der Waals surface area (Å²) in [6.45, 7) is 15.0. The Balaban J connectivity index is 3.30. The predicted octanol–water partition coefficient (Wildman–Crippen LogP) is 8.13. The van der Waals surface area contributed by atoms with Gasteiger partial charge >= 0.3 is 0 Å². The molecule has 1 saturated carbocycles. The lowest BCUT2D eigenvalue weighted by atomic mass is 9.43. The molecule has 26 heavy (non-hydrogen) atoms. The molecular formula is C25H51N. The molecule has 0 aromatic rings. The lowest BCUT2D eigenvalue weighted by Gasteiger charge is -2.64. The molecule has 0 amide bonds. The average Bonchev–Trinajstić information content (AvgIpc) is 2.63. The van der Waals surface area contributed by atoms with E-state index in [1.54, 1.807) is 0 Å². The van der Waals surface area contributed by atoms with Crippen molar-refractivity contribution in [3.8, 4) is 0 Å². The van der Waals surface area contributed by atoms with Crippen LogP contribution in [-0.2, 0) is 0 Å². The fraction of sp³-hybridized carbons (Fsp3) is 1.00. The third-order valence-corrected chi connectivity index (χ3v) is 8.08. The summed E-state index contributed by atoms with van der Waals surface area (Å²) in [5.74, 6) is 0. The Morgan fingerprint density at radius 3 is 2.04 bits per heavy atom. The molecule has 1 N–H and O–H groups in total. The second-order valence-electron chi connectivity index (χ2n) is 10.2. The van der Waals surface area contributed by atoms with Crippen LogP contribution >= 0.6 is 0 Å². The van der Waals surface area contributed by atoms with Gasteiger partial charge in [0.05, 0.1) is 0 Å². The van der Waals surface area contributed by atoms with Gasteiger partial charge in [-0.15, -0.1) is 0 Å². The monoisotopic (exact) mass is 365 g/mol. The fourth-order valence-electron chi connectivity index (χ4n) is 6.84. The van der Waals surface area contributed by atoms with Gasteiger partial charge in [0.1, 0.15) is 0 Å². The maximum atomic E-state index is 3.84. The quantitative estimate of drug-likeness (QED) is 0.325. The van der Waals surface area contributed by atoms with Gasteiger partial charge in [-0.3, -0.25) is 0 Å². The molecule has 0 saturated heterocycles. The van der Waals surface area contributed by atoms with Crippen LogP contribution in [0, 0.1) is 16.2 Å². The van der Waals surface area contributed by atoms with Crippen LogP contribution in [0.5, 0.6) is 0 Å². The summed E-state index contributed by atoms with van der Waals surface area (Å²) in [6, 6.07) is 0.686. The first-order valence-electron chi connectivity index (χ1n) is 12.0. The highest BCUT2D eigenvalue weighted by atomic mass is 14.9. The molecule has 1 heteroatoms. The second kappa shape index (κ2) is 11.1. The van der Waals surface area contributed by atoms with Crippen LogP contribution in [0.3, 0.4) is 0 Å². The van der Waals surface area contributed by atoms with Gasteiger partial charge in [-0.1, -0.05) is 99.3 Å². The van der Waals surface area contributed by atoms with Gasteiger partial charge in [-0.05, 0) is 55.4 Å². The smallest absolute Gasteiger partial charge is 0.0131 e. The van der Waals surface area contributed by atoms with E-state index in [1.165, 1.54) is 89.9 Å². The van der Waals surface area contributed by atoms with E-state index in [9.17, 15) is 0 Å². The largest absolute Gasteiger partial charge is 0.316 e. The topological polar surface area (TPSA) is 12.0 Å². The summed E-state index contributed by atoms with van der Waals surface area (Å²) >= 11 is 0. The van der Waals surface area contributed by atoms with Crippen molar-refractivity contribution in [3.63, 3.8) is 0 Å². The molecule has 0 heterocycles. The average molecular weight is 366 g/mol. The number of unbranched alkanes of at least 4 members (excludes halogenated alkanes) is 4. The molecule has 1 fully saturated rings. The van der Waals surface area contributed by atoms with Crippen molar-refractivity contribution in [1.82, 2.24) is 5.32 Å². The number of hydrogen-bond acceptors (Lipinski definition) is 1. The zero-order valence-electron chi connectivity index (χ0n) is 19.5. The Morgan fingerprint density at radius 2 is 1.46 bits per heavy atom. The minimum absolute atomic E-state index is 0.406. The molecule has 0 aliphatic heterocycles. The molecule has 0 aromatic heterocycles. The van der Waals surface area contributed by atoms with Crippen LogP contribution in [0.25, 0.3) is 0 Å². The highest BCUT2D eigenvalue weighted by molar-refractivity contribution is 5.10. The maximum Gasteiger partial charge on any atom is 0.0131 e. The van der Waals surface area contributed by atoms with Gasteiger partial charge in [0.2, 0.25) is 0 Å². The Labute approximate surface area is 166 Å². The van der Waals surface area contributed by atoms with E-state index in [0.29, 0.717) is 22.3 Å². The molecule has 1 aliphatic carbocycles. The van der Waals surface area contributed by atoms with Crippen molar-refractivity contribution in [2.24, 2.45) is 16.2 Å². The van der Waals surface area contributed by atoms with Gasteiger partial charge < -0.3 is 5.32 Å². The van der Waals surface area contributed by atoms with E-state index >= 15 is 0 Å². The molecule has 3 atom stereocenters. The molecule has 0 spiro atoms. The molecule has 0 bridgehead atoms. The number of hydrogen-bond donors (Lipinski definition) is 1. The van der Waals surface area contributed by atoms with Gasteiger partial charge in [0.25, 0.3) is 0 Å². The molecule has 0 aromatic carbocycles. The van der Waals surface area contributed by atoms with E-state index in [-0.39, 0.29) is 0 Å². The van der Waals surface area contributed by atoms with E-state index in [0.717, 1.165) is 0 Å². The van der Waals surface area contributed by atoms with E-state index in [4.69, 9.17) is 0 Å². The van der Waals surface area contributed by atoms with Crippen LogP contribution in [0.2, 0.25) is 0 Å². The van der Waals surface area contributed by atoms with Crippen LogP contribution in [0.4, 0.5) is 0 Å². The zero-order chi connectivity index (χ0) is 19.7. The second-order valence-corrected chi connectivity index (χ2v) is 10.2. The maximum absolute atomic E-state index is 3.84. The van der Waals surface area contributed by atoms with E-state index < -0.39 is 0 Å². The van der Waals surface area contributed by atoms with Crippen LogP contribution < -0.4 is 5.32 Å². The minimum Gasteiger partial charge on any atom is -0.316 e. The predicted molar refractivity (Wildman–Crippen MR) is 119 cm³/mol. The third kappa shape index (κ3) is 5.06. The van der Waals surface area contributed by atoms with E-state index in [2.05, 4.69) is 53.9 Å². The third-order valence-electron chi connectivity index (χ3n) is 8.08. The van der Waals surface area contributed by atoms with Crippen molar-refractivity contribution < 1.29 is 0 Å². The van der Waals surface area contributed by atoms with Crippen molar-refractivity contribution >= 4 is 0 Å². The Morgan fingerprint density at radius 1 is 0.808 bits per heavy atom. The molecule has 0 radical (unpaired) electrons. The minimum atomic E-state index is 0.406. The number of rotatable bonds is 13. The highest BCUT2D eigenvalue weighted by Gasteiger charge is 2.59. The SMILES string of the molecule is CCCCCCC(C)(CCCC)C1(C(C)(C)CCC)CCCC[C@H]1NC. The van der Waals surface area contributed by atoms with Crippen LogP contribution in [-0.4, -0.2) is 13.1 Å². The van der Waals surface area contributed by atoms with Gasteiger partial charge in [0, 0.05) is 6.04 Å². The Hall–Kier alpha value is -0.0400.